The van der Waals surface area contributed by atoms with Gasteiger partial charge in [0.15, 0.2) is 0 Å². The van der Waals surface area contributed by atoms with Gasteiger partial charge in [-0.15, -0.1) is 5.10 Å². The number of ether oxygens (including phenoxy) is 1. The van der Waals surface area contributed by atoms with E-state index in [-0.39, 0.29) is 49.5 Å². The molecule has 2 heterocycles. The maximum atomic E-state index is 13.1. The van der Waals surface area contributed by atoms with Gasteiger partial charge in [-0.2, -0.15) is 0 Å². The van der Waals surface area contributed by atoms with Crippen molar-refractivity contribution in [1.29, 1.82) is 0 Å². The summed E-state index contributed by atoms with van der Waals surface area (Å²) in [7, 11) is 1.64. The first-order valence-corrected chi connectivity index (χ1v) is 11.5. The molecule has 0 unspecified atom stereocenters. The van der Waals surface area contributed by atoms with Crippen molar-refractivity contribution in [2.45, 2.75) is 52.0 Å². The molecule has 3 atom stereocenters. The molecule has 2 bridgehead atoms. The Labute approximate surface area is 198 Å². The second kappa shape index (κ2) is 11.9. The van der Waals surface area contributed by atoms with Crippen LogP contribution in [0.2, 0.25) is 0 Å². The van der Waals surface area contributed by atoms with E-state index >= 15 is 0 Å². The summed E-state index contributed by atoms with van der Waals surface area (Å²) in [6.45, 7) is 5.02. The van der Waals surface area contributed by atoms with Gasteiger partial charge in [0, 0.05) is 44.7 Å². The van der Waals surface area contributed by atoms with Crippen LogP contribution in [0.1, 0.15) is 32.4 Å². The maximum Gasteiger partial charge on any atom is 0.321 e. The van der Waals surface area contributed by atoms with E-state index in [9.17, 15) is 19.1 Å². The first-order chi connectivity index (χ1) is 16.3. The highest BCUT2D eigenvalue weighted by atomic mass is 19.1. The summed E-state index contributed by atoms with van der Waals surface area (Å²) >= 11 is 0. The summed E-state index contributed by atoms with van der Waals surface area (Å²) in [6, 6.07) is 4.82. The van der Waals surface area contributed by atoms with Crippen molar-refractivity contribution in [3.8, 4) is 0 Å². The maximum absolute atomic E-state index is 13.1. The van der Waals surface area contributed by atoms with Crippen molar-refractivity contribution in [3.63, 3.8) is 0 Å². The fraction of sp³-hybridized carbons (Fsp3) is 0.565. The smallest absolute Gasteiger partial charge is 0.321 e. The second-order valence-electron chi connectivity index (χ2n) is 8.80. The van der Waals surface area contributed by atoms with Gasteiger partial charge in [0.1, 0.15) is 11.5 Å². The molecule has 2 N–H and O–H groups in total. The minimum Gasteiger partial charge on any atom is -0.394 e. The van der Waals surface area contributed by atoms with Crippen LogP contribution in [0.25, 0.3) is 0 Å². The lowest BCUT2D eigenvalue weighted by Crippen LogP contribution is -2.48. The van der Waals surface area contributed by atoms with E-state index in [0.29, 0.717) is 37.3 Å². The Morgan fingerprint density at radius 2 is 2.12 bits per heavy atom. The molecule has 10 nitrogen and oxygen atoms in total. The van der Waals surface area contributed by atoms with Crippen LogP contribution in [0.5, 0.6) is 0 Å². The average Bonchev–Trinajstić information content (AvgIpc) is 3.27. The molecule has 0 saturated heterocycles. The van der Waals surface area contributed by atoms with Crippen molar-refractivity contribution >= 4 is 17.6 Å². The van der Waals surface area contributed by atoms with Crippen molar-refractivity contribution in [3.05, 3.63) is 42.0 Å². The van der Waals surface area contributed by atoms with Crippen molar-refractivity contribution in [2.75, 3.05) is 32.1 Å². The minimum atomic E-state index is -0.420. The lowest BCUT2D eigenvalue weighted by molar-refractivity contribution is -0.136. The Morgan fingerprint density at radius 3 is 2.82 bits per heavy atom. The molecular formula is C23H33FN6O4. The molecule has 0 radical (unpaired) electrons. The van der Waals surface area contributed by atoms with E-state index in [2.05, 4.69) is 15.6 Å². The molecule has 0 fully saturated rings. The number of fused-ring (bicyclic) bond motifs is 2. The molecule has 186 valence electrons. The minimum absolute atomic E-state index is 0.0471. The number of likely N-dealkylation sites (N-methyl/N-ethyl adjacent to an activating group) is 1. The molecule has 3 amide bonds. The number of aliphatic hydroxyl groups excluding tert-OH is 1. The Balaban J connectivity index is 1.75. The van der Waals surface area contributed by atoms with Gasteiger partial charge < -0.3 is 25.0 Å². The van der Waals surface area contributed by atoms with E-state index in [1.54, 1.807) is 22.8 Å². The lowest BCUT2D eigenvalue weighted by atomic mass is 10.0. The van der Waals surface area contributed by atoms with Crippen LogP contribution in [0, 0.1) is 11.7 Å². The molecule has 0 spiro atoms. The highest BCUT2D eigenvalue weighted by Crippen LogP contribution is 2.18. The van der Waals surface area contributed by atoms with Gasteiger partial charge in [-0.25, -0.2) is 9.18 Å². The number of carbonyl (C=O) groups excluding carboxylic acids is 2. The number of aliphatic hydroxyl groups is 1. The number of rotatable bonds is 5. The molecule has 1 aliphatic heterocycles. The molecule has 1 aromatic carbocycles. The number of nitrogens with zero attached hydrogens (tertiary/aromatic N) is 5. The number of aromatic nitrogens is 3. The predicted octanol–water partition coefficient (Wildman–Crippen LogP) is 2.11. The highest BCUT2D eigenvalue weighted by Gasteiger charge is 2.28. The third-order valence-corrected chi connectivity index (χ3v) is 5.94. The third kappa shape index (κ3) is 6.97. The molecule has 1 aromatic heterocycles. The second-order valence-corrected chi connectivity index (χ2v) is 8.80. The quantitative estimate of drug-likeness (QED) is 0.684. The fourth-order valence-corrected chi connectivity index (χ4v) is 3.80. The first kappa shape index (κ1) is 25.6. The van der Waals surface area contributed by atoms with E-state index < -0.39 is 6.10 Å². The number of amides is 3. The highest BCUT2D eigenvalue weighted by molar-refractivity contribution is 5.89. The monoisotopic (exact) mass is 476 g/mol. The lowest BCUT2D eigenvalue weighted by Gasteiger charge is -2.35. The summed E-state index contributed by atoms with van der Waals surface area (Å²) in [5.74, 6) is -0.574. The SMILES string of the molecule is C[C@H](CO)N1C[C@H](C)[C@@H](CN(C)C(=O)Nc2ccc(F)cc2)OCc2cn(nn2)CCCC1=O. The molecule has 11 heteroatoms. The van der Waals surface area contributed by atoms with Crippen LogP contribution >= 0.6 is 0 Å². The predicted molar refractivity (Wildman–Crippen MR) is 123 cm³/mol. The van der Waals surface area contributed by atoms with Crippen LogP contribution in [0.4, 0.5) is 14.9 Å². The van der Waals surface area contributed by atoms with Crippen molar-refractivity contribution in [1.82, 2.24) is 24.8 Å². The van der Waals surface area contributed by atoms with Gasteiger partial charge in [-0.3, -0.25) is 9.48 Å². The van der Waals surface area contributed by atoms with Gasteiger partial charge in [0.05, 0.1) is 31.6 Å². The van der Waals surface area contributed by atoms with E-state index in [1.165, 1.54) is 29.2 Å². The van der Waals surface area contributed by atoms with Gasteiger partial charge in [-0.05, 0) is 37.6 Å². The van der Waals surface area contributed by atoms with Crippen LogP contribution in [-0.2, 0) is 22.7 Å². The van der Waals surface area contributed by atoms with Crippen molar-refractivity contribution in [2.24, 2.45) is 5.92 Å². The normalized spacial score (nSPS) is 20.6. The number of benzene rings is 1. The van der Waals surface area contributed by atoms with Crippen LogP contribution < -0.4 is 5.32 Å². The first-order valence-electron chi connectivity index (χ1n) is 11.5. The van der Waals surface area contributed by atoms with E-state index in [0.717, 1.165) is 0 Å². The number of aryl methyl sites for hydroxylation is 1. The number of carbonyl (C=O) groups is 2. The van der Waals surface area contributed by atoms with E-state index in [1.807, 2.05) is 13.8 Å². The Kier molecular flexibility index (Phi) is 8.94. The van der Waals surface area contributed by atoms with Crippen LogP contribution in [-0.4, -0.2) is 80.7 Å². The number of hydrogen-bond donors (Lipinski definition) is 2. The fourth-order valence-electron chi connectivity index (χ4n) is 3.80. The van der Waals surface area contributed by atoms with Gasteiger partial charge in [-0.1, -0.05) is 12.1 Å². The summed E-state index contributed by atoms with van der Waals surface area (Å²) < 4.78 is 21.0. The Bertz CT molecular complexity index is 953. The zero-order chi connectivity index (χ0) is 24.7. The summed E-state index contributed by atoms with van der Waals surface area (Å²) in [4.78, 5) is 28.8. The number of nitrogens with one attached hydrogen (secondary N) is 1. The Hall–Kier alpha value is -3.05. The number of anilines is 1. The summed E-state index contributed by atoms with van der Waals surface area (Å²) in [5, 5.41) is 20.7. The molecule has 34 heavy (non-hydrogen) atoms. The van der Waals surface area contributed by atoms with Crippen LogP contribution in [0.3, 0.4) is 0 Å². The zero-order valence-electron chi connectivity index (χ0n) is 19.9. The molecule has 0 aliphatic carbocycles. The number of urea groups is 1. The zero-order valence-corrected chi connectivity index (χ0v) is 19.9. The van der Waals surface area contributed by atoms with Gasteiger partial charge >= 0.3 is 6.03 Å². The molecule has 2 aromatic rings. The molecule has 3 rings (SSSR count). The van der Waals surface area contributed by atoms with Gasteiger partial charge in [0.2, 0.25) is 5.91 Å². The standard InChI is InChI=1S/C23H33FN6O4/c1-16-11-30(17(2)14-31)22(32)5-4-10-29-12-20(26-27-29)15-34-21(16)13-28(3)23(33)25-19-8-6-18(24)7-9-19/h6-9,12,16-17,21,31H,4-5,10-11,13-15H2,1-3H3,(H,25,33)/t16-,17+,21+/m0/s1. The van der Waals surface area contributed by atoms with E-state index in [4.69, 9.17) is 4.74 Å². The molecule has 0 saturated carbocycles. The molecular weight excluding hydrogens is 443 g/mol. The summed E-state index contributed by atoms with van der Waals surface area (Å²) in [5.41, 5.74) is 1.15. The average molecular weight is 477 g/mol. The topological polar surface area (TPSA) is 113 Å². The summed E-state index contributed by atoms with van der Waals surface area (Å²) in [6.07, 6.45) is 2.32. The van der Waals surface area contributed by atoms with Gasteiger partial charge in [0.25, 0.3) is 0 Å². The Morgan fingerprint density at radius 1 is 1.38 bits per heavy atom. The molecule has 1 aliphatic rings. The number of hydrogen-bond acceptors (Lipinski definition) is 6. The van der Waals surface area contributed by atoms with Crippen LogP contribution in [0.15, 0.2) is 30.5 Å². The third-order valence-electron chi connectivity index (χ3n) is 5.94. The largest absolute Gasteiger partial charge is 0.394 e. The number of halogens is 1. The van der Waals surface area contributed by atoms with Crippen molar-refractivity contribution < 1.29 is 23.8 Å².